The molecule has 1 unspecified atom stereocenters. The van der Waals surface area contributed by atoms with E-state index in [2.05, 4.69) is 29.5 Å². The van der Waals surface area contributed by atoms with E-state index in [4.69, 9.17) is 9.47 Å². The zero-order valence-electron chi connectivity index (χ0n) is 16.5. The zero-order chi connectivity index (χ0) is 18.8. The van der Waals surface area contributed by atoms with Gasteiger partial charge < -0.3 is 25.0 Å². The number of carbonyl (C=O) groups is 1. The van der Waals surface area contributed by atoms with Gasteiger partial charge in [-0.3, -0.25) is 4.79 Å². The predicted molar refractivity (Wildman–Crippen MR) is 117 cm³/mol. The Kier molecular flexibility index (Phi) is 11.8. The Balaban J connectivity index is 0.00000625. The molecule has 26 heavy (non-hydrogen) atoms. The summed E-state index contributed by atoms with van der Waals surface area (Å²) in [7, 11) is 5.03. The molecule has 0 spiro atoms. The summed E-state index contributed by atoms with van der Waals surface area (Å²) in [6, 6.07) is 5.79. The third-order valence-corrected chi connectivity index (χ3v) is 3.59. The number of halogens is 1. The Morgan fingerprint density at radius 2 is 1.96 bits per heavy atom. The highest BCUT2D eigenvalue weighted by molar-refractivity contribution is 14.0. The second-order valence-corrected chi connectivity index (χ2v) is 5.83. The van der Waals surface area contributed by atoms with Crippen LogP contribution in [-0.4, -0.2) is 57.2 Å². The molecule has 0 heterocycles. The van der Waals surface area contributed by atoms with Crippen molar-refractivity contribution in [3.05, 3.63) is 18.2 Å². The Labute approximate surface area is 173 Å². The lowest BCUT2D eigenvalue weighted by atomic mass is 10.2. The van der Waals surface area contributed by atoms with Gasteiger partial charge in [-0.15, -0.1) is 24.0 Å². The van der Waals surface area contributed by atoms with Crippen molar-refractivity contribution in [2.45, 2.75) is 33.2 Å². The van der Waals surface area contributed by atoms with Crippen LogP contribution < -0.4 is 20.1 Å². The van der Waals surface area contributed by atoms with Crippen LogP contribution in [0.5, 0.6) is 11.5 Å². The van der Waals surface area contributed by atoms with Crippen LogP contribution >= 0.6 is 24.0 Å². The molecular formula is C18H31IN4O3. The number of hydrogen-bond donors (Lipinski definition) is 2. The number of likely N-dealkylation sites (N-methyl/N-ethyl adjacent to an activating group) is 1. The van der Waals surface area contributed by atoms with Gasteiger partial charge in [0.15, 0.2) is 17.5 Å². The summed E-state index contributed by atoms with van der Waals surface area (Å²) in [5.41, 5.74) is 0.798. The SMILES string of the molecule is CCOc1ccc(NC(=NCC(=O)N(C)C)NC(C)CC)cc1OC.I. The molecule has 1 atom stereocenters. The normalized spacial score (nSPS) is 11.8. The summed E-state index contributed by atoms with van der Waals surface area (Å²) in [4.78, 5) is 17.7. The fraction of sp³-hybridized carbons (Fsp3) is 0.556. The van der Waals surface area contributed by atoms with Gasteiger partial charge in [0.1, 0.15) is 6.54 Å². The minimum atomic E-state index is -0.0606. The van der Waals surface area contributed by atoms with Crippen LogP contribution in [0.3, 0.4) is 0 Å². The first-order valence-corrected chi connectivity index (χ1v) is 8.50. The van der Waals surface area contributed by atoms with Gasteiger partial charge in [-0.2, -0.15) is 0 Å². The number of amides is 1. The van der Waals surface area contributed by atoms with Gasteiger partial charge in [-0.1, -0.05) is 6.92 Å². The molecule has 1 amide bonds. The van der Waals surface area contributed by atoms with E-state index in [1.165, 1.54) is 4.90 Å². The fourth-order valence-corrected chi connectivity index (χ4v) is 1.90. The molecule has 0 bridgehead atoms. The maximum atomic E-state index is 11.8. The Morgan fingerprint density at radius 3 is 2.50 bits per heavy atom. The van der Waals surface area contributed by atoms with Gasteiger partial charge >= 0.3 is 0 Å². The molecule has 0 radical (unpaired) electrons. The lowest BCUT2D eigenvalue weighted by Gasteiger charge is -2.18. The largest absolute Gasteiger partial charge is 0.493 e. The van der Waals surface area contributed by atoms with Gasteiger partial charge in [0.25, 0.3) is 0 Å². The molecule has 0 aliphatic rings. The molecule has 2 N–H and O–H groups in total. The van der Waals surface area contributed by atoms with Crippen molar-refractivity contribution in [3.63, 3.8) is 0 Å². The van der Waals surface area contributed by atoms with Crippen molar-refractivity contribution < 1.29 is 14.3 Å². The maximum Gasteiger partial charge on any atom is 0.243 e. The highest BCUT2D eigenvalue weighted by Gasteiger charge is 2.10. The third kappa shape index (κ3) is 8.11. The fourth-order valence-electron chi connectivity index (χ4n) is 1.90. The summed E-state index contributed by atoms with van der Waals surface area (Å²) in [6.07, 6.45) is 0.939. The van der Waals surface area contributed by atoms with Crippen LogP contribution in [0.2, 0.25) is 0 Å². The highest BCUT2D eigenvalue weighted by Crippen LogP contribution is 2.30. The summed E-state index contributed by atoms with van der Waals surface area (Å²) in [5.74, 6) is 1.82. The molecule has 0 aliphatic heterocycles. The predicted octanol–water partition coefficient (Wildman–Crippen LogP) is 2.96. The summed E-state index contributed by atoms with van der Waals surface area (Å²) in [5, 5.41) is 6.50. The molecule has 0 aliphatic carbocycles. The summed E-state index contributed by atoms with van der Waals surface area (Å²) in [6.45, 7) is 6.71. The Hall–Kier alpha value is -1.71. The van der Waals surface area contributed by atoms with E-state index >= 15 is 0 Å². The molecule has 0 saturated heterocycles. The van der Waals surface area contributed by atoms with Gasteiger partial charge in [0, 0.05) is 31.9 Å². The average molecular weight is 478 g/mol. The first-order valence-electron chi connectivity index (χ1n) is 8.50. The van der Waals surface area contributed by atoms with Crippen molar-refractivity contribution >= 4 is 41.5 Å². The number of methoxy groups -OCH3 is 1. The lowest BCUT2D eigenvalue weighted by molar-refractivity contribution is -0.127. The molecule has 1 aromatic carbocycles. The Morgan fingerprint density at radius 1 is 1.27 bits per heavy atom. The van der Waals surface area contributed by atoms with Gasteiger partial charge in [0.05, 0.1) is 13.7 Å². The maximum absolute atomic E-state index is 11.8. The molecule has 8 heteroatoms. The number of benzene rings is 1. The number of aliphatic imine (C=N–C) groups is 1. The molecular weight excluding hydrogens is 447 g/mol. The second kappa shape index (κ2) is 12.6. The molecule has 0 saturated carbocycles. The van der Waals surface area contributed by atoms with E-state index in [0.29, 0.717) is 24.1 Å². The topological polar surface area (TPSA) is 75.2 Å². The number of carbonyl (C=O) groups excluding carboxylic acids is 1. The number of rotatable bonds is 8. The first kappa shape index (κ1) is 24.3. The van der Waals surface area contributed by atoms with Crippen LogP contribution in [0, 0.1) is 0 Å². The van der Waals surface area contributed by atoms with Gasteiger partial charge in [0.2, 0.25) is 5.91 Å². The second-order valence-electron chi connectivity index (χ2n) is 5.83. The van der Waals surface area contributed by atoms with Crippen molar-refractivity contribution in [3.8, 4) is 11.5 Å². The summed E-state index contributed by atoms with van der Waals surface area (Å²) >= 11 is 0. The molecule has 1 aromatic rings. The van der Waals surface area contributed by atoms with E-state index < -0.39 is 0 Å². The average Bonchev–Trinajstić information content (AvgIpc) is 2.60. The van der Waals surface area contributed by atoms with E-state index in [1.807, 2.05) is 25.1 Å². The molecule has 1 rings (SSSR count). The van der Waals surface area contributed by atoms with E-state index in [0.717, 1.165) is 12.1 Å². The van der Waals surface area contributed by atoms with Crippen LogP contribution in [0.25, 0.3) is 0 Å². The van der Waals surface area contributed by atoms with Crippen LogP contribution in [0.15, 0.2) is 23.2 Å². The van der Waals surface area contributed by atoms with Crippen LogP contribution in [-0.2, 0) is 4.79 Å². The molecule has 148 valence electrons. The third-order valence-electron chi connectivity index (χ3n) is 3.59. The molecule has 0 aromatic heterocycles. The number of hydrogen-bond acceptors (Lipinski definition) is 4. The molecule has 0 fully saturated rings. The van der Waals surface area contributed by atoms with E-state index in [1.54, 1.807) is 21.2 Å². The van der Waals surface area contributed by atoms with Gasteiger partial charge in [-0.25, -0.2) is 4.99 Å². The van der Waals surface area contributed by atoms with E-state index in [-0.39, 0.29) is 42.5 Å². The number of nitrogens with zero attached hydrogens (tertiary/aromatic N) is 2. The monoisotopic (exact) mass is 478 g/mol. The van der Waals surface area contributed by atoms with Crippen molar-refractivity contribution in [2.75, 3.05) is 39.7 Å². The zero-order valence-corrected chi connectivity index (χ0v) is 18.8. The first-order chi connectivity index (χ1) is 11.9. The quantitative estimate of drug-likeness (QED) is 0.342. The van der Waals surface area contributed by atoms with Crippen molar-refractivity contribution in [1.29, 1.82) is 0 Å². The summed E-state index contributed by atoms with van der Waals surface area (Å²) < 4.78 is 10.9. The Bertz CT molecular complexity index is 594. The number of anilines is 1. The smallest absolute Gasteiger partial charge is 0.243 e. The van der Waals surface area contributed by atoms with Crippen molar-refractivity contribution in [2.24, 2.45) is 4.99 Å². The van der Waals surface area contributed by atoms with Crippen molar-refractivity contribution in [1.82, 2.24) is 10.2 Å². The minimum Gasteiger partial charge on any atom is -0.493 e. The van der Waals surface area contributed by atoms with E-state index in [9.17, 15) is 4.79 Å². The lowest BCUT2D eigenvalue weighted by Crippen LogP contribution is -2.38. The minimum absolute atomic E-state index is 0. The highest BCUT2D eigenvalue weighted by atomic mass is 127. The standard InChI is InChI=1S/C18H30N4O3.HI/c1-7-13(3)20-18(19-12-17(23)22(4)5)21-14-9-10-15(25-8-2)16(11-14)24-6;/h9-11,13H,7-8,12H2,1-6H3,(H2,19,20,21);1H. The molecule has 7 nitrogen and oxygen atoms in total. The number of guanidine groups is 1. The van der Waals surface area contributed by atoms with Crippen LogP contribution in [0.4, 0.5) is 5.69 Å². The van der Waals surface area contributed by atoms with Gasteiger partial charge in [-0.05, 0) is 32.4 Å². The number of nitrogens with one attached hydrogen (secondary N) is 2. The van der Waals surface area contributed by atoms with Crippen LogP contribution in [0.1, 0.15) is 27.2 Å². The number of ether oxygens (including phenoxy) is 2.